The molecule has 0 unspecified atom stereocenters. The summed E-state index contributed by atoms with van der Waals surface area (Å²) in [6.07, 6.45) is 0.352. The van der Waals surface area contributed by atoms with E-state index in [1.807, 2.05) is 0 Å². The number of primary amides is 1. The molecule has 120 valence electrons. The molecule has 21 heavy (non-hydrogen) atoms. The van der Waals surface area contributed by atoms with Crippen molar-refractivity contribution < 1.29 is 19.5 Å². The zero-order chi connectivity index (χ0) is 15.7. The van der Waals surface area contributed by atoms with E-state index < -0.39 is 30.4 Å². The molecule has 0 bridgehead atoms. The van der Waals surface area contributed by atoms with Crippen LogP contribution in [0.15, 0.2) is 0 Å². The fourth-order valence-electron chi connectivity index (χ4n) is 2.05. The number of carboxylic acids is 1. The summed E-state index contributed by atoms with van der Waals surface area (Å²) in [5, 5.41) is 16.9. The summed E-state index contributed by atoms with van der Waals surface area (Å²) >= 11 is 0. The van der Waals surface area contributed by atoms with E-state index in [1.165, 1.54) is 0 Å². The average molecular weight is 301 g/mol. The van der Waals surface area contributed by atoms with E-state index in [-0.39, 0.29) is 0 Å². The highest BCUT2D eigenvalue weighted by Crippen LogP contribution is 1.94. The molecule has 0 aromatic carbocycles. The summed E-state index contributed by atoms with van der Waals surface area (Å²) in [5.74, 6) is -2.06. The predicted molar refractivity (Wildman–Crippen MR) is 75.7 cm³/mol. The molecule has 0 spiro atoms. The first-order chi connectivity index (χ1) is 9.99. The molecular formula is C12H23N5O4. The van der Waals surface area contributed by atoms with Gasteiger partial charge >= 0.3 is 12.0 Å². The number of carbonyl (C=O) groups is 3. The summed E-state index contributed by atoms with van der Waals surface area (Å²) < 4.78 is 0. The first kappa shape index (κ1) is 17.2. The van der Waals surface area contributed by atoms with Crippen LogP contribution in [0.1, 0.15) is 12.8 Å². The van der Waals surface area contributed by atoms with Gasteiger partial charge in [0.05, 0.1) is 6.42 Å². The van der Waals surface area contributed by atoms with E-state index in [1.54, 1.807) is 0 Å². The van der Waals surface area contributed by atoms with Crippen LogP contribution in [-0.2, 0) is 9.59 Å². The summed E-state index contributed by atoms with van der Waals surface area (Å²) in [4.78, 5) is 35.4. The molecule has 9 nitrogen and oxygen atoms in total. The van der Waals surface area contributed by atoms with Crippen LogP contribution in [0.4, 0.5) is 4.79 Å². The van der Waals surface area contributed by atoms with Gasteiger partial charge in [-0.25, -0.2) is 9.59 Å². The number of nitrogens with one attached hydrogen (secondary N) is 3. The highest BCUT2D eigenvalue weighted by atomic mass is 16.4. The van der Waals surface area contributed by atoms with Crippen molar-refractivity contribution in [2.75, 3.05) is 39.3 Å². The number of hydrogen-bond donors (Lipinski definition) is 5. The van der Waals surface area contributed by atoms with Crippen molar-refractivity contribution in [3.63, 3.8) is 0 Å². The van der Waals surface area contributed by atoms with E-state index >= 15 is 0 Å². The summed E-state index contributed by atoms with van der Waals surface area (Å²) in [6.45, 7) is 5.25. The summed E-state index contributed by atoms with van der Waals surface area (Å²) in [7, 11) is 0. The first-order valence-electron chi connectivity index (χ1n) is 6.97. The molecule has 1 heterocycles. The Morgan fingerprint density at radius 3 is 2.52 bits per heavy atom. The van der Waals surface area contributed by atoms with Gasteiger partial charge in [-0.2, -0.15) is 0 Å². The Labute approximate surface area is 123 Å². The number of amides is 3. The second-order valence-electron chi connectivity index (χ2n) is 4.91. The maximum absolute atomic E-state index is 11.5. The third-order valence-electron chi connectivity index (χ3n) is 3.16. The minimum absolute atomic E-state index is 0.427. The predicted octanol–water partition coefficient (Wildman–Crippen LogP) is -2.09. The fourth-order valence-corrected chi connectivity index (χ4v) is 2.05. The standard InChI is InChI=1S/C12H23N5O4/c13-10(18)8-9(11(19)20)16-12(21)15-2-1-5-17-6-3-14-4-7-17/h9,14H,1-8H2,(H2,13,18)(H,19,20)(H2,15,16,21)/t9-/m1/s1. The Morgan fingerprint density at radius 2 is 1.95 bits per heavy atom. The third kappa shape index (κ3) is 7.47. The Hall–Kier alpha value is -1.87. The monoisotopic (exact) mass is 301 g/mol. The van der Waals surface area contributed by atoms with Gasteiger partial charge in [-0.05, 0) is 13.0 Å². The van der Waals surface area contributed by atoms with Gasteiger partial charge in [0.15, 0.2) is 0 Å². The number of nitrogens with zero attached hydrogens (tertiary/aromatic N) is 1. The van der Waals surface area contributed by atoms with Crippen LogP contribution in [0.5, 0.6) is 0 Å². The van der Waals surface area contributed by atoms with Crippen LogP contribution in [0.25, 0.3) is 0 Å². The molecule has 0 saturated carbocycles. The highest BCUT2D eigenvalue weighted by molar-refractivity contribution is 5.87. The molecule has 0 aromatic heterocycles. The SMILES string of the molecule is NC(=O)C[C@@H](NC(=O)NCCCN1CCNCC1)C(=O)O. The fraction of sp³-hybridized carbons (Fsp3) is 0.750. The molecule has 0 aliphatic carbocycles. The number of hydrogen-bond acceptors (Lipinski definition) is 5. The van der Waals surface area contributed by atoms with Gasteiger partial charge in [0.25, 0.3) is 0 Å². The Morgan fingerprint density at radius 1 is 1.29 bits per heavy atom. The molecule has 1 rings (SSSR count). The lowest BCUT2D eigenvalue weighted by Gasteiger charge is -2.27. The van der Waals surface area contributed by atoms with E-state index in [0.717, 1.165) is 39.1 Å². The van der Waals surface area contributed by atoms with Crippen molar-refractivity contribution >= 4 is 17.9 Å². The quantitative estimate of drug-likeness (QED) is 0.326. The topological polar surface area (TPSA) is 137 Å². The minimum atomic E-state index is -1.30. The summed E-state index contributed by atoms with van der Waals surface area (Å²) in [5.41, 5.74) is 4.93. The number of nitrogens with two attached hydrogens (primary N) is 1. The maximum atomic E-state index is 11.5. The van der Waals surface area contributed by atoms with E-state index in [2.05, 4.69) is 20.9 Å². The minimum Gasteiger partial charge on any atom is -0.480 e. The molecule has 1 aliphatic heterocycles. The van der Waals surface area contributed by atoms with Crippen molar-refractivity contribution in [1.29, 1.82) is 0 Å². The van der Waals surface area contributed by atoms with Crippen molar-refractivity contribution in [3.05, 3.63) is 0 Å². The Kier molecular flexibility index (Phi) is 7.48. The van der Waals surface area contributed by atoms with Crippen LogP contribution in [0, 0.1) is 0 Å². The normalized spacial score (nSPS) is 17.0. The van der Waals surface area contributed by atoms with Gasteiger partial charge in [0, 0.05) is 32.7 Å². The molecule has 1 atom stereocenters. The number of piperazine rings is 1. The van der Waals surface area contributed by atoms with Crippen LogP contribution < -0.4 is 21.7 Å². The lowest BCUT2D eigenvalue weighted by atomic mass is 10.2. The third-order valence-corrected chi connectivity index (χ3v) is 3.16. The second kappa shape index (κ2) is 9.14. The molecule has 1 aliphatic rings. The largest absolute Gasteiger partial charge is 0.480 e. The zero-order valence-corrected chi connectivity index (χ0v) is 11.9. The highest BCUT2D eigenvalue weighted by Gasteiger charge is 2.21. The van der Waals surface area contributed by atoms with Crippen molar-refractivity contribution in [2.24, 2.45) is 5.73 Å². The maximum Gasteiger partial charge on any atom is 0.326 e. The zero-order valence-electron chi connectivity index (χ0n) is 11.9. The summed E-state index contributed by atoms with van der Waals surface area (Å²) in [6, 6.07) is -1.90. The lowest BCUT2D eigenvalue weighted by molar-refractivity contribution is -0.140. The van der Waals surface area contributed by atoms with Crippen molar-refractivity contribution in [3.8, 4) is 0 Å². The van der Waals surface area contributed by atoms with E-state index in [9.17, 15) is 14.4 Å². The van der Waals surface area contributed by atoms with Crippen LogP contribution in [0.3, 0.4) is 0 Å². The molecule has 3 amide bonds. The van der Waals surface area contributed by atoms with Crippen LogP contribution >= 0.6 is 0 Å². The van der Waals surface area contributed by atoms with Gasteiger partial charge in [-0.3, -0.25) is 4.79 Å². The molecule has 0 aromatic rings. The van der Waals surface area contributed by atoms with Gasteiger partial charge < -0.3 is 31.7 Å². The van der Waals surface area contributed by atoms with Crippen molar-refractivity contribution in [2.45, 2.75) is 18.9 Å². The van der Waals surface area contributed by atoms with E-state index in [4.69, 9.17) is 10.8 Å². The number of carboxylic acid groups (broad SMARTS) is 1. The van der Waals surface area contributed by atoms with Gasteiger partial charge in [-0.1, -0.05) is 0 Å². The van der Waals surface area contributed by atoms with Crippen molar-refractivity contribution in [1.82, 2.24) is 20.9 Å². The smallest absolute Gasteiger partial charge is 0.326 e. The second-order valence-corrected chi connectivity index (χ2v) is 4.91. The molecule has 1 saturated heterocycles. The number of urea groups is 1. The van der Waals surface area contributed by atoms with Gasteiger partial charge in [0.2, 0.25) is 5.91 Å². The molecule has 9 heteroatoms. The van der Waals surface area contributed by atoms with Gasteiger partial charge in [-0.15, -0.1) is 0 Å². The lowest BCUT2D eigenvalue weighted by Crippen LogP contribution is -2.48. The van der Waals surface area contributed by atoms with Gasteiger partial charge in [0.1, 0.15) is 6.04 Å². The first-order valence-corrected chi connectivity index (χ1v) is 6.97. The molecule has 1 fully saturated rings. The Bertz CT molecular complexity index is 371. The molecule has 0 radical (unpaired) electrons. The van der Waals surface area contributed by atoms with Crippen LogP contribution in [0.2, 0.25) is 0 Å². The Balaban J connectivity index is 2.16. The average Bonchev–Trinajstić information content (AvgIpc) is 2.43. The molecular weight excluding hydrogens is 278 g/mol. The number of aliphatic carboxylic acids is 1. The number of carbonyl (C=O) groups excluding carboxylic acids is 2. The molecule has 6 N–H and O–H groups in total. The van der Waals surface area contributed by atoms with E-state index in [0.29, 0.717) is 6.54 Å². The number of rotatable bonds is 8. The van der Waals surface area contributed by atoms with Crippen LogP contribution in [-0.4, -0.2) is 73.2 Å².